The summed E-state index contributed by atoms with van der Waals surface area (Å²) in [5.74, 6) is 0. The van der Waals surface area contributed by atoms with E-state index >= 15 is 0 Å². The van der Waals surface area contributed by atoms with Gasteiger partial charge in [0.15, 0.2) is 6.10 Å². The number of hydrogen-bond acceptors (Lipinski definition) is 2. The summed E-state index contributed by atoms with van der Waals surface area (Å²) in [6, 6.07) is 9.87. The van der Waals surface area contributed by atoms with E-state index in [0.717, 1.165) is 18.4 Å². The molecule has 1 fully saturated rings. The number of rotatable bonds is 4. The normalized spacial score (nSPS) is 17.9. The Bertz CT molecular complexity index is 291. The highest BCUT2D eigenvalue weighted by Crippen LogP contribution is 2.26. The molecule has 2 rings (SSSR count). The zero-order valence-corrected chi connectivity index (χ0v) is 9.56. The standard InChI is InChI=1S/C14H19O2/c15-11-14(12-7-3-1-4-8-12)16-13-9-5-2-6-10-13/h1,3-4,7-8,13,15H,2,5-6,9-11H2. The highest BCUT2D eigenvalue weighted by Gasteiger charge is 2.20. The molecule has 0 aromatic heterocycles. The molecule has 1 N–H and O–H groups in total. The van der Waals surface area contributed by atoms with Gasteiger partial charge in [0.05, 0.1) is 12.7 Å². The summed E-state index contributed by atoms with van der Waals surface area (Å²) in [4.78, 5) is 0. The molecule has 0 saturated heterocycles. The molecule has 1 saturated carbocycles. The topological polar surface area (TPSA) is 29.5 Å². The van der Waals surface area contributed by atoms with Gasteiger partial charge in [-0.3, -0.25) is 0 Å². The summed E-state index contributed by atoms with van der Waals surface area (Å²) < 4.78 is 5.89. The largest absolute Gasteiger partial charge is 0.393 e. The minimum absolute atomic E-state index is 0.0134. The molecule has 0 bridgehead atoms. The fourth-order valence-corrected chi connectivity index (χ4v) is 2.20. The third-order valence-corrected chi connectivity index (χ3v) is 3.10. The van der Waals surface area contributed by atoms with Gasteiger partial charge >= 0.3 is 0 Å². The molecule has 1 aromatic carbocycles. The van der Waals surface area contributed by atoms with Crippen LogP contribution in [0.5, 0.6) is 0 Å². The van der Waals surface area contributed by atoms with Gasteiger partial charge in [-0.05, 0) is 18.4 Å². The van der Waals surface area contributed by atoms with E-state index < -0.39 is 0 Å². The molecule has 16 heavy (non-hydrogen) atoms. The zero-order chi connectivity index (χ0) is 11.2. The van der Waals surface area contributed by atoms with E-state index in [0.29, 0.717) is 12.2 Å². The molecule has 1 radical (unpaired) electrons. The van der Waals surface area contributed by atoms with Crippen LogP contribution in [0.3, 0.4) is 0 Å². The number of aliphatic hydroxyl groups is 1. The van der Waals surface area contributed by atoms with Crippen molar-refractivity contribution in [1.82, 2.24) is 0 Å². The van der Waals surface area contributed by atoms with Gasteiger partial charge in [0.25, 0.3) is 0 Å². The molecule has 0 aliphatic heterocycles. The van der Waals surface area contributed by atoms with Crippen LogP contribution >= 0.6 is 0 Å². The van der Waals surface area contributed by atoms with Crippen molar-refractivity contribution < 1.29 is 9.84 Å². The average Bonchev–Trinajstić information content (AvgIpc) is 2.38. The predicted molar refractivity (Wildman–Crippen MR) is 63.8 cm³/mol. The summed E-state index contributed by atoms with van der Waals surface area (Å²) in [6.45, 7) is -0.0134. The average molecular weight is 219 g/mol. The molecule has 87 valence electrons. The Morgan fingerprint density at radius 3 is 2.44 bits per heavy atom. The van der Waals surface area contributed by atoms with E-state index in [2.05, 4.69) is 0 Å². The van der Waals surface area contributed by atoms with E-state index in [1.807, 2.05) is 30.3 Å². The summed E-state index contributed by atoms with van der Waals surface area (Å²) in [5, 5.41) is 9.35. The number of ether oxygens (including phenoxy) is 1. The van der Waals surface area contributed by atoms with Gasteiger partial charge in [0.2, 0.25) is 0 Å². The lowest BCUT2D eigenvalue weighted by atomic mass is 9.97. The fraction of sp³-hybridized carbons (Fsp3) is 0.500. The minimum Gasteiger partial charge on any atom is -0.393 e. The second-order valence-electron chi connectivity index (χ2n) is 4.33. The number of hydrogen-bond donors (Lipinski definition) is 1. The minimum atomic E-state index is -0.0134. The number of benzene rings is 1. The second kappa shape index (κ2) is 6.02. The van der Waals surface area contributed by atoms with E-state index in [-0.39, 0.29) is 6.61 Å². The van der Waals surface area contributed by atoms with Crippen molar-refractivity contribution >= 4 is 0 Å². The molecule has 2 heteroatoms. The van der Waals surface area contributed by atoms with Gasteiger partial charge in [-0.25, -0.2) is 0 Å². The van der Waals surface area contributed by atoms with Crippen molar-refractivity contribution in [3.05, 3.63) is 42.0 Å². The van der Waals surface area contributed by atoms with Gasteiger partial charge in [-0.15, -0.1) is 0 Å². The van der Waals surface area contributed by atoms with Gasteiger partial charge in [-0.1, -0.05) is 49.6 Å². The first-order valence-electron chi connectivity index (χ1n) is 6.09. The summed E-state index contributed by atoms with van der Waals surface area (Å²) in [7, 11) is 0. The molecule has 0 spiro atoms. The van der Waals surface area contributed by atoms with Crippen molar-refractivity contribution in [2.24, 2.45) is 0 Å². The molecule has 0 atom stereocenters. The molecular formula is C14H19O2. The molecule has 2 nitrogen and oxygen atoms in total. The Balaban J connectivity index is 1.94. The summed E-state index contributed by atoms with van der Waals surface area (Å²) in [5.41, 5.74) is 0.996. The molecule has 0 heterocycles. The van der Waals surface area contributed by atoms with Crippen LogP contribution < -0.4 is 0 Å². The lowest BCUT2D eigenvalue weighted by Gasteiger charge is -2.26. The Morgan fingerprint density at radius 2 is 1.81 bits per heavy atom. The van der Waals surface area contributed by atoms with E-state index in [4.69, 9.17) is 4.74 Å². The first-order chi connectivity index (χ1) is 7.90. The third kappa shape index (κ3) is 3.06. The van der Waals surface area contributed by atoms with Gasteiger partial charge in [0.1, 0.15) is 0 Å². The highest BCUT2D eigenvalue weighted by molar-refractivity contribution is 5.27. The lowest BCUT2D eigenvalue weighted by molar-refractivity contribution is 0.0255. The van der Waals surface area contributed by atoms with Crippen LogP contribution in [0.2, 0.25) is 0 Å². The molecule has 0 amide bonds. The van der Waals surface area contributed by atoms with Crippen LogP contribution in [0.1, 0.15) is 37.7 Å². The van der Waals surface area contributed by atoms with Crippen LogP contribution in [0, 0.1) is 6.10 Å². The fourth-order valence-electron chi connectivity index (χ4n) is 2.20. The lowest BCUT2D eigenvalue weighted by Crippen LogP contribution is -2.22. The van der Waals surface area contributed by atoms with Crippen LogP contribution in [0.25, 0.3) is 0 Å². The Morgan fingerprint density at radius 1 is 1.12 bits per heavy atom. The Hall–Kier alpha value is -0.860. The van der Waals surface area contributed by atoms with E-state index in [1.165, 1.54) is 19.3 Å². The predicted octanol–water partition coefficient (Wildman–Crippen LogP) is 2.91. The Kier molecular flexibility index (Phi) is 4.37. The van der Waals surface area contributed by atoms with Crippen molar-refractivity contribution in [3.8, 4) is 0 Å². The van der Waals surface area contributed by atoms with Crippen molar-refractivity contribution in [2.75, 3.05) is 6.61 Å². The molecular weight excluding hydrogens is 200 g/mol. The SMILES string of the molecule is OC[C](OC1CCCCC1)c1ccccc1. The van der Waals surface area contributed by atoms with E-state index in [9.17, 15) is 5.11 Å². The van der Waals surface area contributed by atoms with Gasteiger partial charge in [0, 0.05) is 0 Å². The molecule has 1 aromatic rings. The second-order valence-corrected chi connectivity index (χ2v) is 4.33. The summed E-state index contributed by atoms with van der Waals surface area (Å²) in [6.07, 6.45) is 7.08. The van der Waals surface area contributed by atoms with Crippen molar-refractivity contribution in [2.45, 2.75) is 38.2 Å². The number of aliphatic hydroxyl groups excluding tert-OH is 1. The zero-order valence-electron chi connectivity index (χ0n) is 9.56. The Labute approximate surface area is 97.3 Å². The smallest absolute Gasteiger partial charge is 0.152 e. The maximum Gasteiger partial charge on any atom is 0.152 e. The van der Waals surface area contributed by atoms with Crippen LogP contribution in [0.4, 0.5) is 0 Å². The first-order valence-corrected chi connectivity index (χ1v) is 6.09. The van der Waals surface area contributed by atoms with Crippen molar-refractivity contribution in [3.63, 3.8) is 0 Å². The van der Waals surface area contributed by atoms with Crippen LogP contribution in [0.15, 0.2) is 30.3 Å². The molecule has 1 aliphatic rings. The monoisotopic (exact) mass is 219 g/mol. The van der Waals surface area contributed by atoms with E-state index in [1.54, 1.807) is 0 Å². The summed E-state index contributed by atoms with van der Waals surface area (Å²) >= 11 is 0. The van der Waals surface area contributed by atoms with Gasteiger partial charge in [-0.2, -0.15) is 0 Å². The third-order valence-electron chi connectivity index (χ3n) is 3.10. The molecule has 1 aliphatic carbocycles. The first kappa shape index (κ1) is 11.6. The highest BCUT2D eigenvalue weighted by atomic mass is 16.5. The van der Waals surface area contributed by atoms with Crippen molar-refractivity contribution in [1.29, 1.82) is 0 Å². The maximum absolute atomic E-state index is 9.35. The van der Waals surface area contributed by atoms with Gasteiger partial charge < -0.3 is 9.84 Å². The quantitative estimate of drug-likeness (QED) is 0.843. The maximum atomic E-state index is 9.35. The van der Waals surface area contributed by atoms with Crippen LogP contribution in [-0.4, -0.2) is 17.8 Å². The van der Waals surface area contributed by atoms with Crippen LogP contribution in [-0.2, 0) is 4.74 Å². The molecule has 0 unspecified atom stereocenters.